The number of aromatic nitrogens is 2. The first-order valence-electron chi connectivity index (χ1n) is 5.59. The van der Waals surface area contributed by atoms with Crippen LogP contribution in [0.5, 0.6) is 5.88 Å². The predicted octanol–water partition coefficient (Wildman–Crippen LogP) is 0.254. The molecule has 0 saturated carbocycles. The largest absolute Gasteiger partial charge is 0.509 e. The summed E-state index contributed by atoms with van der Waals surface area (Å²) in [7, 11) is -6.61. The molecule has 0 aliphatic rings. The molecule has 1 N–H and O–H groups in total. The van der Waals surface area contributed by atoms with Gasteiger partial charge in [0.15, 0.2) is 0 Å². The van der Waals surface area contributed by atoms with Crippen molar-refractivity contribution in [3.8, 4) is 5.88 Å². The van der Waals surface area contributed by atoms with E-state index in [0.29, 0.717) is 0 Å². The molecule has 0 amide bonds. The van der Waals surface area contributed by atoms with Crippen LogP contribution in [-0.4, -0.2) is 31.2 Å². The van der Waals surface area contributed by atoms with Gasteiger partial charge in [0, 0.05) is 0 Å². The highest BCUT2D eigenvalue weighted by Crippen LogP contribution is 2.25. The number of rotatable bonds is 6. The van der Waals surface area contributed by atoms with Gasteiger partial charge < -0.3 is 9.94 Å². The zero-order chi connectivity index (χ0) is 15.5. The number of hydrogen-bond donors (Lipinski definition) is 1. The van der Waals surface area contributed by atoms with Crippen LogP contribution >= 0.6 is 8.03 Å². The normalized spacial score (nSPS) is 12.1. The van der Waals surface area contributed by atoms with Crippen molar-refractivity contribution < 1.29 is 32.1 Å². The second kappa shape index (κ2) is 6.17. The van der Waals surface area contributed by atoms with E-state index in [4.69, 9.17) is 9.63 Å². The molecule has 2 aromatic rings. The van der Waals surface area contributed by atoms with Crippen LogP contribution in [0, 0.1) is 5.21 Å². The lowest BCUT2D eigenvalue weighted by atomic mass is 10.4. The fraction of sp³-hybridized carbons (Fsp3) is 0.200. The molecular weight excluding hydrogens is 323 g/mol. The summed E-state index contributed by atoms with van der Waals surface area (Å²) in [5.74, 6) is -0.550. The average molecular weight is 333 g/mol. The Balaban J connectivity index is 2.35. The van der Waals surface area contributed by atoms with Crippen molar-refractivity contribution in [2.75, 3.05) is 12.8 Å². The maximum absolute atomic E-state index is 12.3. The molecule has 0 aliphatic heterocycles. The highest BCUT2D eigenvalue weighted by atomic mass is 32.2. The SMILES string of the molecule is O=[P+](O)CCOc1no[n+]([O-])c1S(=O)(=O)c1ccccc1. The monoisotopic (exact) mass is 333 g/mol. The highest BCUT2D eigenvalue weighted by molar-refractivity contribution is 7.91. The van der Waals surface area contributed by atoms with E-state index in [0.717, 1.165) is 0 Å². The summed E-state index contributed by atoms with van der Waals surface area (Å²) in [6, 6.07) is 7.21. The Bertz CT molecular complexity index is 744. The first-order valence-corrected chi connectivity index (χ1v) is 8.47. The lowest BCUT2D eigenvalue weighted by molar-refractivity contribution is -0.832. The van der Waals surface area contributed by atoms with E-state index >= 15 is 0 Å². The molecule has 1 heterocycles. The average Bonchev–Trinajstić information content (AvgIpc) is 2.81. The van der Waals surface area contributed by atoms with Crippen molar-refractivity contribution >= 4 is 17.9 Å². The van der Waals surface area contributed by atoms with E-state index in [9.17, 15) is 18.2 Å². The fourth-order valence-corrected chi connectivity index (χ4v) is 3.00. The van der Waals surface area contributed by atoms with E-state index in [2.05, 4.69) is 9.79 Å². The van der Waals surface area contributed by atoms with Crippen LogP contribution in [0.4, 0.5) is 0 Å². The van der Waals surface area contributed by atoms with Gasteiger partial charge >= 0.3 is 18.9 Å². The topological polar surface area (TPSA) is 134 Å². The Morgan fingerprint density at radius 1 is 1.38 bits per heavy atom. The summed E-state index contributed by atoms with van der Waals surface area (Å²) in [6.45, 7) is -0.282. The van der Waals surface area contributed by atoms with Gasteiger partial charge in [0.2, 0.25) is 6.16 Å². The molecule has 11 heteroatoms. The van der Waals surface area contributed by atoms with Crippen LogP contribution < -0.4 is 9.64 Å². The Morgan fingerprint density at radius 3 is 2.67 bits per heavy atom. The van der Waals surface area contributed by atoms with E-state index in [-0.39, 0.29) is 22.6 Å². The van der Waals surface area contributed by atoms with E-state index in [1.165, 1.54) is 24.3 Å². The number of sulfone groups is 1. The Labute approximate surface area is 120 Å². The van der Waals surface area contributed by atoms with Crippen molar-refractivity contribution in [2.24, 2.45) is 0 Å². The van der Waals surface area contributed by atoms with Gasteiger partial charge in [-0.15, -0.1) is 0 Å². The molecule has 0 spiro atoms. The molecule has 0 aliphatic carbocycles. The van der Waals surface area contributed by atoms with Crippen LogP contribution in [0.15, 0.2) is 44.9 Å². The van der Waals surface area contributed by atoms with Crippen molar-refractivity contribution in [3.63, 3.8) is 0 Å². The van der Waals surface area contributed by atoms with Crippen molar-refractivity contribution in [2.45, 2.75) is 9.92 Å². The molecule has 0 bridgehead atoms. The molecule has 1 aromatic carbocycles. The maximum Gasteiger partial charge on any atom is 0.509 e. The molecule has 1 atom stereocenters. The molecule has 0 radical (unpaired) electrons. The molecule has 0 fully saturated rings. The third-order valence-electron chi connectivity index (χ3n) is 2.38. The summed E-state index contributed by atoms with van der Waals surface area (Å²) in [5.41, 5.74) is 0. The molecule has 2 rings (SSSR count). The van der Waals surface area contributed by atoms with Gasteiger partial charge in [-0.2, -0.15) is 4.89 Å². The molecule has 0 saturated heterocycles. The van der Waals surface area contributed by atoms with Gasteiger partial charge in [0.25, 0.3) is 9.84 Å². The van der Waals surface area contributed by atoms with Gasteiger partial charge in [-0.05, 0) is 21.6 Å². The second-order valence-electron chi connectivity index (χ2n) is 3.78. The van der Waals surface area contributed by atoms with Gasteiger partial charge in [0.1, 0.15) is 6.61 Å². The number of nitrogens with zero attached hydrogens (tertiary/aromatic N) is 2. The van der Waals surface area contributed by atoms with Gasteiger partial charge in [-0.3, -0.25) is 4.63 Å². The minimum absolute atomic E-state index is 0.129. The Kier molecular flexibility index (Phi) is 4.51. The number of ether oxygens (including phenoxy) is 1. The summed E-state index contributed by atoms with van der Waals surface area (Å²) >= 11 is 0. The lowest BCUT2D eigenvalue weighted by Crippen LogP contribution is -2.31. The van der Waals surface area contributed by atoms with Crippen molar-refractivity contribution in [1.82, 2.24) is 5.16 Å². The first kappa shape index (κ1) is 15.4. The van der Waals surface area contributed by atoms with E-state index < -0.39 is 28.8 Å². The third-order valence-corrected chi connectivity index (χ3v) is 4.67. The lowest BCUT2D eigenvalue weighted by Gasteiger charge is -2.01. The summed E-state index contributed by atoms with van der Waals surface area (Å²) in [4.78, 5) is 8.23. The Hall–Kier alpha value is -2.03. The minimum Gasteiger partial charge on any atom is -0.450 e. The maximum atomic E-state index is 12.3. The minimum atomic E-state index is -4.17. The standard InChI is InChI=1S/C10H9N2O7PS/c13-12-10(9(11-19-12)18-6-7-20(14)15)21(16,17)8-4-2-1-3-5-8/h1-5H,6-7H2/p+1. The highest BCUT2D eigenvalue weighted by Gasteiger charge is 2.36. The number of benzene rings is 1. The predicted molar refractivity (Wildman–Crippen MR) is 67.5 cm³/mol. The van der Waals surface area contributed by atoms with Gasteiger partial charge in [-0.1, -0.05) is 18.2 Å². The zero-order valence-electron chi connectivity index (χ0n) is 10.4. The number of hydrogen-bond acceptors (Lipinski definition) is 7. The summed E-state index contributed by atoms with van der Waals surface area (Å²) in [6.07, 6.45) is -0.230. The third kappa shape index (κ3) is 3.35. The molecular formula is C10H10N2O7PS+. The summed E-state index contributed by atoms with van der Waals surface area (Å²) < 4.78 is 44.3. The molecule has 21 heavy (non-hydrogen) atoms. The Morgan fingerprint density at radius 2 is 2.05 bits per heavy atom. The molecule has 1 unspecified atom stereocenters. The van der Waals surface area contributed by atoms with E-state index in [1.54, 1.807) is 6.07 Å². The molecule has 9 nitrogen and oxygen atoms in total. The fourth-order valence-electron chi connectivity index (χ4n) is 1.46. The van der Waals surface area contributed by atoms with Gasteiger partial charge in [0.05, 0.1) is 10.1 Å². The van der Waals surface area contributed by atoms with E-state index in [1.807, 2.05) is 0 Å². The first-order chi connectivity index (χ1) is 9.93. The molecule has 112 valence electrons. The van der Waals surface area contributed by atoms with Crippen molar-refractivity contribution in [3.05, 3.63) is 35.5 Å². The van der Waals surface area contributed by atoms with Gasteiger partial charge in [-0.25, -0.2) is 8.42 Å². The summed E-state index contributed by atoms with van der Waals surface area (Å²) in [5, 5.41) is 13.9. The quantitative estimate of drug-likeness (QED) is 0.587. The molecule has 1 aromatic heterocycles. The zero-order valence-corrected chi connectivity index (χ0v) is 12.2. The van der Waals surface area contributed by atoms with Crippen LogP contribution in [0.25, 0.3) is 0 Å². The van der Waals surface area contributed by atoms with Crippen LogP contribution in [0.1, 0.15) is 0 Å². The van der Waals surface area contributed by atoms with Crippen LogP contribution in [0.2, 0.25) is 0 Å². The second-order valence-corrected chi connectivity index (χ2v) is 6.80. The van der Waals surface area contributed by atoms with Crippen LogP contribution in [-0.2, 0) is 14.4 Å². The smallest absolute Gasteiger partial charge is 0.450 e. The van der Waals surface area contributed by atoms with Crippen molar-refractivity contribution in [1.29, 1.82) is 0 Å². The van der Waals surface area contributed by atoms with Crippen LogP contribution in [0.3, 0.4) is 0 Å².